The number of carboxylic acids is 1. The summed E-state index contributed by atoms with van der Waals surface area (Å²) >= 11 is 0. The van der Waals surface area contributed by atoms with E-state index >= 15 is 0 Å². The summed E-state index contributed by atoms with van der Waals surface area (Å²) < 4.78 is 1.18. The van der Waals surface area contributed by atoms with Gasteiger partial charge in [0.15, 0.2) is 0 Å². The first kappa shape index (κ1) is 10.9. The summed E-state index contributed by atoms with van der Waals surface area (Å²) in [5.41, 5.74) is -0.339. The van der Waals surface area contributed by atoms with Crippen molar-refractivity contribution < 1.29 is 14.8 Å². The summed E-state index contributed by atoms with van der Waals surface area (Å²) in [6.07, 6.45) is 1.08. The average Bonchev–Trinajstić information content (AvgIpc) is 2.46. The maximum absolute atomic E-state index is 10.6. The van der Waals surface area contributed by atoms with Gasteiger partial charge in [-0.2, -0.15) is 5.10 Å². The van der Waals surface area contributed by atoms with Gasteiger partial charge in [0.2, 0.25) is 5.69 Å². The van der Waals surface area contributed by atoms with Gasteiger partial charge < -0.3 is 5.11 Å². The number of hydrogen-bond donors (Lipinski definition) is 1. The second kappa shape index (κ2) is 3.91. The van der Waals surface area contributed by atoms with Crippen LogP contribution in [0.5, 0.6) is 0 Å². The van der Waals surface area contributed by atoms with E-state index in [9.17, 15) is 14.9 Å². The van der Waals surface area contributed by atoms with Crippen LogP contribution in [0.15, 0.2) is 18.3 Å². The molecular weight excluding hydrogens is 202 g/mol. The molecule has 0 aliphatic rings. The number of carboxylic acid groups (broad SMARTS) is 1. The number of aromatic carboxylic acids is 1. The molecule has 80 valence electrons. The minimum atomic E-state index is -1.41. The highest BCUT2D eigenvalue weighted by Gasteiger charge is 2.24. The Bertz CT molecular complexity index is 404. The number of carbonyl (C=O) groups is 1. The monoisotopic (exact) mass is 211 g/mol. The van der Waals surface area contributed by atoms with Crippen molar-refractivity contribution in [1.82, 2.24) is 9.78 Å². The van der Waals surface area contributed by atoms with Gasteiger partial charge in [-0.05, 0) is 6.92 Å². The van der Waals surface area contributed by atoms with Crippen molar-refractivity contribution >= 4 is 11.7 Å². The Morgan fingerprint density at radius 2 is 2.40 bits per heavy atom. The fraction of sp³-hybridized carbons (Fsp3) is 0.250. The predicted molar refractivity (Wildman–Crippen MR) is 50.7 cm³/mol. The van der Waals surface area contributed by atoms with Gasteiger partial charge in [-0.25, -0.2) is 4.79 Å². The molecule has 0 unspecified atom stereocenters. The second-order valence-corrected chi connectivity index (χ2v) is 3.08. The molecule has 0 fully saturated rings. The Labute approximate surface area is 84.8 Å². The van der Waals surface area contributed by atoms with E-state index in [2.05, 4.69) is 11.7 Å². The number of nitrogens with zero attached hydrogens (tertiary/aromatic N) is 3. The Kier molecular flexibility index (Phi) is 2.84. The van der Waals surface area contributed by atoms with E-state index in [-0.39, 0.29) is 6.54 Å². The zero-order valence-corrected chi connectivity index (χ0v) is 8.01. The molecule has 0 saturated heterocycles. The summed E-state index contributed by atoms with van der Waals surface area (Å²) in [7, 11) is 0. The van der Waals surface area contributed by atoms with E-state index in [0.29, 0.717) is 0 Å². The number of rotatable bonds is 4. The second-order valence-electron chi connectivity index (χ2n) is 3.08. The summed E-state index contributed by atoms with van der Waals surface area (Å²) in [6, 6.07) is 0. The van der Waals surface area contributed by atoms with Crippen LogP contribution in [-0.2, 0) is 6.54 Å². The quantitative estimate of drug-likeness (QED) is 0.456. The van der Waals surface area contributed by atoms with Gasteiger partial charge in [0, 0.05) is 0 Å². The zero-order chi connectivity index (χ0) is 11.6. The first-order chi connectivity index (χ1) is 6.91. The van der Waals surface area contributed by atoms with Crippen molar-refractivity contribution in [3.05, 3.63) is 34.2 Å². The highest BCUT2D eigenvalue weighted by Crippen LogP contribution is 2.16. The standard InChI is InChI=1S/C8H9N3O4/c1-5(2)3-10-4-6(11(14)15)7(9-10)8(12)13/h4H,1,3H2,2H3,(H,12,13). The van der Waals surface area contributed by atoms with E-state index in [1.54, 1.807) is 6.92 Å². The van der Waals surface area contributed by atoms with Crippen LogP contribution in [0.1, 0.15) is 17.4 Å². The van der Waals surface area contributed by atoms with E-state index in [4.69, 9.17) is 5.11 Å². The molecule has 0 bridgehead atoms. The Balaban J connectivity index is 3.15. The Morgan fingerprint density at radius 1 is 1.80 bits per heavy atom. The molecule has 0 atom stereocenters. The van der Waals surface area contributed by atoms with Crippen molar-refractivity contribution in [2.24, 2.45) is 0 Å². The van der Waals surface area contributed by atoms with Crippen LogP contribution in [0.3, 0.4) is 0 Å². The maximum Gasteiger partial charge on any atom is 0.363 e. The first-order valence-corrected chi connectivity index (χ1v) is 4.01. The minimum Gasteiger partial charge on any atom is -0.476 e. The zero-order valence-electron chi connectivity index (χ0n) is 8.01. The number of nitro groups is 1. The molecule has 1 rings (SSSR count). The topological polar surface area (TPSA) is 98.3 Å². The molecule has 1 heterocycles. The number of aromatic nitrogens is 2. The van der Waals surface area contributed by atoms with Gasteiger partial charge >= 0.3 is 11.7 Å². The molecule has 7 heteroatoms. The molecule has 0 saturated carbocycles. The fourth-order valence-corrected chi connectivity index (χ4v) is 1.05. The molecule has 1 N–H and O–H groups in total. The predicted octanol–water partition coefficient (Wildman–Crippen LogP) is 1.07. The lowest BCUT2D eigenvalue weighted by molar-refractivity contribution is -0.385. The smallest absolute Gasteiger partial charge is 0.363 e. The van der Waals surface area contributed by atoms with Crippen molar-refractivity contribution in [2.45, 2.75) is 13.5 Å². The van der Waals surface area contributed by atoms with Crippen LogP contribution < -0.4 is 0 Å². The molecule has 15 heavy (non-hydrogen) atoms. The Morgan fingerprint density at radius 3 is 2.73 bits per heavy atom. The van der Waals surface area contributed by atoms with Crippen LogP contribution in [0, 0.1) is 10.1 Å². The Hall–Kier alpha value is -2.18. The van der Waals surface area contributed by atoms with Crippen LogP contribution in [0.4, 0.5) is 5.69 Å². The lowest BCUT2D eigenvalue weighted by atomic mass is 10.3. The molecule has 0 aliphatic heterocycles. The molecule has 0 radical (unpaired) electrons. The SMILES string of the molecule is C=C(C)Cn1cc([N+](=O)[O-])c(C(=O)O)n1. The van der Waals surface area contributed by atoms with E-state index in [1.807, 2.05) is 0 Å². The minimum absolute atomic E-state index is 0.258. The van der Waals surface area contributed by atoms with Gasteiger partial charge in [0.1, 0.15) is 6.20 Å². The van der Waals surface area contributed by atoms with Crippen LogP contribution in [0.25, 0.3) is 0 Å². The van der Waals surface area contributed by atoms with E-state index in [1.165, 1.54) is 4.68 Å². The molecule has 0 aromatic carbocycles. The summed E-state index contributed by atoms with van der Waals surface area (Å²) in [5.74, 6) is -1.41. The lowest BCUT2D eigenvalue weighted by Crippen LogP contribution is -2.04. The third kappa shape index (κ3) is 2.39. The van der Waals surface area contributed by atoms with Crippen LogP contribution >= 0.6 is 0 Å². The molecular formula is C8H9N3O4. The highest BCUT2D eigenvalue weighted by atomic mass is 16.6. The third-order valence-corrected chi connectivity index (χ3v) is 1.57. The summed E-state index contributed by atoms with van der Waals surface area (Å²) in [4.78, 5) is 20.3. The summed E-state index contributed by atoms with van der Waals surface area (Å²) in [6.45, 7) is 5.58. The van der Waals surface area contributed by atoms with Crippen LogP contribution in [0.2, 0.25) is 0 Å². The van der Waals surface area contributed by atoms with Crippen molar-refractivity contribution in [2.75, 3.05) is 0 Å². The fourth-order valence-electron chi connectivity index (χ4n) is 1.05. The number of allylic oxidation sites excluding steroid dienone is 1. The number of hydrogen-bond acceptors (Lipinski definition) is 4. The maximum atomic E-state index is 10.6. The first-order valence-electron chi connectivity index (χ1n) is 4.01. The van der Waals surface area contributed by atoms with Crippen molar-refractivity contribution in [3.8, 4) is 0 Å². The van der Waals surface area contributed by atoms with Gasteiger partial charge in [-0.1, -0.05) is 12.2 Å². The van der Waals surface area contributed by atoms with Crippen LogP contribution in [-0.4, -0.2) is 25.8 Å². The highest BCUT2D eigenvalue weighted by molar-refractivity contribution is 5.89. The molecule has 0 aliphatic carbocycles. The van der Waals surface area contributed by atoms with E-state index < -0.39 is 22.3 Å². The molecule has 1 aromatic rings. The van der Waals surface area contributed by atoms with Crippen molar-refractivity contribution in [3.63, 3.8) is 0 Å². The van der Waals surface area contributed by atoms with Gasteiger partial charge in [0.05, 0.1) is 11.5 Å². The molecule has 1 aromatic heterocycles. The van der Waals surface area contributed by atoms with Gasteiger partial charge in [0.25, 0.3) is 0 Å². The normalized spacial score (nSPS) is 9.93. The van der Waals surface area contributed by atoms with Gasteiger partial charge in [-0.3, -0.25) is 14.8 Å². The molecule has 7 nitrogen and oxygen atoms in total. The summed E-state index contributed by atoms with van der Waals surface area (Å²) in [5, 5.41) is 22.7. The lowest BCUT2D eigenvalue weighted by Gasteiger charge is -1.96. The van der Waals surface area contributed by atoms with E-state index in [0.717, 1.165) is 11.8 Å². The molecule has 0 amide bonds. The average molecular weight is 211 g/mol. The largest absolute Gasteiger partial charge is 0.476 e. The third-order valence-electron chi connectivity index (χ3n) is 1.57. The molecule has 0 spiro atoms. The van der Waals surface area contributed by atoms with Crippen molar-refractivity contribution in [1.29, 1.82) is 0 Å². The van der Waals surface area contributed by atoms with Gasteiger partial charge in [-0.15, -0.1) is 0 Å².